The minimum Gasteiger partial charge on any atom is -0.348 e. The van der Waals surface area contributed by atoms with E-state index < -0.39 is 0 Å². The van der Waals surface area contributed by atoms with Crippen LogP contribution >= 0.6 is 35.4 Å². The zero-order valence-electron chi connectivity index (χ0n) is 13.9. The van der Waals surface area contributed by atoms with Crippen LogP contribution in [0.5, 0.6) is 0 Å². The summed E-state index contributed by atoms with van der Waals surface area (Å²) in [7, 11) is 0. The van der Waals surface area contributed by atoms with Gasteiger partial charge in [-0.3, -0.25) is 10.1 Å². The monoisotopic (exact) mass is 405 g/mol. The van der Waals surface area contributed by atoms with Crippen molar-refractivity contribution in [3.63, 3.8) is 0 Å². The van der Waals surface area contributed by atoms with Crippen molar-refractivity contribution in [2.75, 3.05) is 13.1 Å². The minimum atomic E-state index is -0.388. The molecule has 7 heteroatoms. The Hall–Kier alpha value is -2.13. The number of rotatable bonds is 6. The second-order valence-electron chi connectivity index (χ2n) is 5.55. The van der Waals surface area contributed by atoms with Gasteiger partial charge in [0, 0.05) is 28.7 Å². The Balaban J connectivity index is 2.03. The van der Waals surface area contributed by atoms with Gasteiger partial charge in [0.25, 0.3) is 5.91 Å². The summed E-state index contributed by atoms with van der Waals surface area (Å²) in [4.78, 5) is 14.2. The molecule has 0 spiro atoms. The number of halogens is 2. The summed E-state index contributed by atoms with van der Waals surface area (Å²) < 4.78 is 0. The molecule has 0 aliphatic carbocycles. The van der Waals surface area contributed by atoms with Crippen LogP contribution in [0.2, 0.25) is 10.0 Å². The Morgan fingerprint density at radius 2 is 1.77 bits per heavy atom. The lowest BCUT2D eigenvalue weighted by molar-refractivity contribution is 0.0973. The van der Waals surface area contributed by atoms with Gasteiger partial charge in [0.15, 0.2) is 5.11 Å². The van der Waals surface area contributed by atoms with Crippen LogP contribution in [0.25, 0.3) is 0 Å². The van der Waals surface area contributed by atoms with Crippen LogP contribution in [0.1, 0.15) is 22.3 Å². The predicted molar refractivity (Wildman–Crippen MR) is 108 cm³/mol. The Labute approximate surface area is 168 Å². The van der Waals surface area contributed by atoms with Gasteiger partial charge in [-0.2, -0.15) is 5.26 Å². The standard InChI is InChI=1S/C19H17Cl2N3OS/c20-16-11-15(12-17(21)13-16)18(25)23-19(26)24(9-4-8-22)10-7-14-5-2-1-3-6-14/h1-3,5-6,11-13H,4,7,9-10H2,(H,23,25,26). The van der Waals surface area contributed by atoms with Crippen molar-refractivity contribution < 1.29 is 4.79 Å². The summed E-state index contributed by atoms with van der Waals surface area (Å²) in [6.07, 6.45) is 1.07. The van der Waals surface area contributed by atoms with Crippen LogP contribution in [-0.4, -0.2) is 29.0 Å². The summed E-state index contributed by atoms with van der Waals surface area (Å²) in [6, 6.07) is 16.6. The zero-order valence-corrected chi connectivity index (χ0v) is 16.2. The minimum absolute atomic E-state index is 0.275. The van der Waals surface area contributed by atoms with Crippen LogP contribution in [0.3, 0.4) is 0 Å². The first kappa shape index (κ1) is 20.2. The molecule has 2 aromatic rings. The molecule has 0 aliphatic rings. The molecule has 134 valence electrons. The topological polar surface area (TPSA) is 56.1 Å². The van der Waals surface area contributed by atoms with Crippen molar-refractivity contribution in [2.45, 2.75) is 12.8 Å². The lowest BCUT2D eigenvalue weighted by Gasteiger charge is -2.24. The Morgan fingerprint density at radius 1 is 1.12 bits per heavy atom. The van der Waals surface area contributed by atoms with Gasteiger partial charge in [-0.1, -0.05) is 53.5 Å². The van der Waals surface area contributed by atoms with E-state index in [4.69, 9.17) is 40.7 Å². The molecular weight excluding hydrogens is 389 g/mol. The highest BCUT2D eigenvalue weighted by atomic mass is 35.5. The molecule has 2 rings (SSSR count). The van der Waals surface area contributed by atoms with Crippen molar-refractivity contribution in [1.82, 2.24) is 10.2 Å². The van der Waals surface area contributed by atoms with E-state index in [0.717, 1.165) is 12.0 Å². The fourth-order valence-electron chi connectivity index (χ4n) is 2.34. The molecule has 26 heavy (non-hydrogen) atoms. The Bertz CT molecular complexity index is 801. The highest BCUT2D eigenvalue weighted by molar-refractivity contribution is 7.80. The number of carbonyl (C=O) groups is 1. The normalized spacial score (nSPS) is 10.0. The highest BCUT2D eigenvalue weighted by Crippen LogP contribution is 2.19. The second kappa shape index (κ2) is 10.1. The van der Waals surface area contributed by atoms with Gasteiger partial charge in [-0.05, 0) is 42.4 Å². The van der Waals surface area contributed by atoms with E-state index in [9.17, 15) is 4.79 Å². The molecule has 0 heterocycles. The van der Waals surface area contributed by atoms with Crippen LogP contribution < -0.4 is 5.32 Å². The van der Waals surface area contributed by atoms with Gasteiger partial charge in [-0.25, -0.2) is 0 Å². The van der Waals surface area contributed by atoms with Crippen LogP contribution in [0, 0.1) is 11.3 Å². The number of thiocarbonyl (C=S) groups is 1. The number of hydrogen-bond donors (Lipinski definition) is 1. The molecule has 4 nitrogen and oxygen atoms in total. The Kier molecular flexibility index (Phi) is 7.86. The lowest BCUT2D eigenvalue weighted by Crippen LogP contribution is -2.44. The van der Waals surface area contributed by atoms with Crippen molar-refractivity contribution in [1.29, 1.82) is 5.26 Å². The van der Waals surface area contributed by atoms with E-state index in [1.54, 1.807) is 6.07 Å². The molecule has 0 atom stereocenters. The van der Waals surface area contributed by atoms with Crippen molar-refractivity contribution >= 4 is 46.4 Å². The highest BCUT2D eigenvalue weighted by Gasteiger charge is 2.15. The molecule has 0 bridgehead atoms. The summed E-state index contributed by atoms with van der Waals surface area (Å²) >= 11 is 17.2. The quantitative estimate of drug-likeness (QED) is 0.720. The maximum Gasteiger partial charge on any atom is 0.257 e. The van der Waals surface area contributed by atoms with Crippen LogP contribution in [-0.2, 0) is 6.42 Å². The largest absolute Gasteiger partial charge is 0.348 e. The zero-order chi connectivity index (χ0) is 18.9. The number of benzene rings is 2. The molecule has 0 fully saturated rings. The SMILES string of the molecule is N#CCCN(CCc1ccccc1)C(=S)NC(=O)c1cc(Cl)cc(Cl)c1. The summed E-state index contributed by atoms with van der Waals surface area (Å²) in [5.41, 5.74) is 1.48. The first-order chi connectivity index (χ1) is 12.5. The maximum atomic E-state index is 12.4. The van der Waals surface area contributed by atoms with E-state index in [2.05, 4.69) is 11.4 Å². The summed E-state index contributed by atoms with van der Waals surface area (Å²) in [5, 5.41) is 12.6. The van der Waals surface area contributed by atoms with E-state index >= 15 is 0 Å². The third-order valence-corrected chi connectivity index (χ3v) is 4.44. The summed E-state index contributed by atoms with van der Waals surface area (Å²) in [5.74, 6) is -0.388. The fourth-order valence-corrected chi connectivity index (χ4v) is 3.14. The number of nitriles is 1. The summed E-state index contributed by atoms with van der Waals surface area (Å²) in [6.45, 7) is 1.04. The van der Waals surface area contributed by atoms with E-state index in [1.165, 1.54) is 12.1 Å². The number of hydrogen-bond acceptors (Lipinski definition) is 3. The van der Waals surface area contributed by atoms with Crippen LogP contribution in [0.15, 0.2) is 48.5 Å². The van der Waals surface area contributed by atoms with Crippen LogP contribution in [0.4, 0.5) is 0 Å². The van der Waals surface area contributed by atoms with E-state index in [1.807, 2.05) is 35.2 Å². The van der Waals surface area contributed by atoms with Gasteiger partial charge in [0.05, 0.1) is 12.5 Å². The van der Waals surface area contributed by atoms with Crippen molar-refractivity contribution in [3.05, 3.63) is 69.7 Å². The molecule has 0 aliphatic heterocycles. The Morgan fingerprint density at radius 3 is 2.38 bits per heavy atom. The molecule has 2 aromatic carbocycles. The average Bonchev–Trinajstić information content (AvgIpc) is 2.61. The maximum absolute atomic E-state index is 12.4. The van der Waals surface area contributed by atoms with Gasteiger partial charge in [0.1, 0.15) is 0 Å². The van der Waals surface area contributed by atoms with Crippen molar-refractivity contribution in [2.24, 2.45) is 0 Å². The molecule has 1 amide bonds. The third-order valence-electron chi connectivity index (χ3n) is 3.64. The second-order valence-corrected chi connectivity index (χ2v) is 6.81. The van der Waals surface area contributed by atoms with E-state index in [-0.39, 0.29) is 11.0 Å². The smallest absolute Gasteiger partial charge is 0.257 e. The number of carbonyl (C=O) groups excluding carboxylic acids is 1. The fraction of sp³-hybridized carbons (Fsp3) is 0.211. The van der Waals surface area contributed by atoms with Gasteiger partial charge in [-0.15, -0.1) is 0 Å². The molecule has 0 aromatic heterocycles. The molecular formula is C19H17Cl2N3OS. The number of nitrogens with zero attached hydrogens (tertiary/aromatic N) is 2. The first-order valence-corrected chi connectivity index (χ1v) is 9.13. The number of nitrogens with one attached hydrogen (secondary N) is 1. The van der Waals surface area contributed by atoms with E-state index in [0.29, 0.717) is 35.1 Å². The molecule has 1 N–H and O–H groups in total. The van der Waals surface area contributed by atoms with Gasteiger partial charge >= 0.3 is 0 Å². The molecule has 0 unspecified atom stereocenters. The molecule has 0 radical (unpaired) electrons. The molecule has 0 saturated carbocycles. The average molecular weight is 406 g/mol. The van der Waals surface area contributed by atoms with Crippen molar-refractivity contribution in [3.8, 4) is 6.07 Å². The lowest BCUT2D eigenvalue weighted by atomic mass is 10.1. The first-order valence-electron chi connectivity index (χ1n) is 7.97. The third kappa shape index (κ3) is 6.30. The van der Waals surface area contributed by atoms with Gasteiger partial charge < -0.3 is 4.90 Å². The predicted octanol–water partition coefficient (Wildman–Crippen LogP) is 4.47. The van der Waals surface area contributed by atoms with Gasteiger partial charge in [0.2, 0.25) is 0 Å². The molecule has 0 saturated heterocycles. The number of amides is 1.